The molecule has 1 aliphatic rings. The van der Waals surface area contributed by atoms with E-state index < -0.39 is 11.9 Å². The Morgan fingerprint density at radius 2 is 1.72 bits per heavy atom. The summed E-state index contributed by atoms with van der Waals surface area (Å²) in [4.78, 5) is 42.6. The van der Waals surface area contributed by atoms with Crippen LogP contribution in [0.15, 0.2) is 66.9 Å². The number of amides is 5. The lowest BCUT2D eigenvalue weighted by Gasteiger charge is -2.26. The molecule has 1 aromatic heterocycles. The molecule has 0 unspecified atom stereocenters. The van der Waals surface area contributed by atoms with E-state index in [9.17, 15) is 14.4 Å². The molecule has 1 fully saturated rings. The number of ether oxygens (including phenoxy) is 2. The van der Waals surface area contributed by atoms with E-state index in [1.54, 1.807) is 41.4 Å². The number of morpholine rings is 1. The Bertz CT molecular complexity index is 1230. The molecule has 0 spiro atoms. The summed E-state index contributed by atoms with van der Waals surface area (Å²) in [5.41, 5.74) is 2.11. The van der Waals surface area contributed by atoms with Crippen molar-refractivity contribution in [1.29, 1.82) is 0 Å². The third-order valence-electron chi connectivity index (χ3n) is 5.41. The SMILES string of the molecule is Cc1cc(Oc2ccnc(NC(=O)N3CCOCC3)c2)ccc1NC(=O)NC(=O)Cc1ccccc1. The van der Waals surface area contributed by atoms with Gasteiger partial charge in [-0.05, 0) is 42.3 Å². The molecule has 186 valence electrons. The minimum absolute atomic E-state index is 0.112. The first-order valence-electron chi connectivity index (χ1n) is 11.5. The molecule has 2 aromatic carbocycles. The number of aromatic nitrogens is 1. The first-order valence-corrected chi connectivity index (χ1v) is 11.5. The number of carbonyl (C=O) groups is 3. The third-order valence-corrected chi connectivity index (χ3v) is 5.41. The zero-order valence-corrected chi connectivity index (χ0v) is 19.8. The van der Waals surface area contributed by atoms with E-state index in [0.29, 0.717) is 49.3 Å². The standard InChI is InChI=1S/C26H27N5O5/c1-18-15-20(7-8-22(18)28-25(33)30-24(32)16-19-5-3-2-4-6-19)36-21-9-10-27-23(17-21)29-26(34)31-11-13-35-14-12-31/h2-10,15,17H,11-14,16H2,1H3,(H,27,29,34)(H2,28,30,32,33). The average Bonchev–Trinajstić information content (AvgIpc) is 2.87. The predicted molar refractivity (Wildman–Crippen MR) is 134 cm³/mol. The quantitative estimate of drug-likeness (QED) is 0.482. The Balaban J connectivity index is 1.31. The second-order valence-electron chi connectivity index (χ2n) is 8.15. The van der Waals surface area contributed by atoms with Gasteiger partial charge in [0.2, 0.25) is 5.91 Å². The van der Waals surface area contributed by atoms with Crippen LogP contribution < -0.4 is 20.7 Å². The van der Waals surface area contributed by atoms with Gasteiger partial charge in [-0.1, -0.05) is 30.3 Å². The van der Waals surface area contributed by atoms with Crippen molar-refractivity contribution in [2.45, 2.75) is 13.3 Å². The van der Waals surface area contributed by atoms with Crippen molar-refractivity contribution >= 4 is 29.5 Å². The fourth-order valence-corrected chi connectivity index (χ4v) is 3.58. The second kappa shape index (κ2) is 11.8. The fourth-order valence-electron chi connectivity index (χ4n) is 3.58. The molecule has 3 aromatic rings. The van der Waals surface area contributed by atoms with Crippen LogP contribution >= 0.6 is 0 Å². The number of rotatable bonds is 6. The number of imide groups is 1. The highest BCUT2D eigenvalue weighted by atomic mass is 16.5. The maximum Gasteiger partial charge on any atom is 0.325 e. The normalized spacial score (nSPS) is 13.0. The zero-order valence-electron chi connectivity index (χ0n) is 19.8. The Hall–Kier alpha value is -4.44. The maximum atomic E-state index is 12.4. The Morgan fingerprint density at radius 3 is 2.47 bits per heavy atom. The summed E-state index contributed by atoms with van der Waals surface area (Å²) in [5, 5.41) is 7.78. The number of urea groups is 2. The first kappa shape index (κ1) is 24.7. The van der Waals surface area contributed by atoms with Crippen LogP contribution in [0.4, 0.5) is 21.1 Å². The number of anilines is 2. The highest BCUT2D eigenvalue weighted by Crippen LogP contribution is 2.27. The van der Waals surface area contributed by atoms with Crippen molar-refractivity contribution in [2.24, 2.45) is 0 Å². The number of hydrogen-bond acceptors (Lipinski definition) is 6. The number of nitrogens with zero attached hydrogens (tertiary/aromatic N) is 2. The maximum absolute atomic E-state index is 12.4. The van der Waals surface area contributed by atoms with E-state index in [1.807, 2.05) is 37.3 Å². The number of benzene rings is 2. The molecule has 0 atom stereocenters. The van der Waals surface area contributed by atoms with Crippen molar-refractivity contribution in [3.63, 3.8) is 0 Å². The van der Waals surface area contributed by atoms with Crippen LogP contribution in [0, 0.1) is 6.92 Å². The highest BCUT2D eigenvalue weighted by molar-refractivity contribution is 6.02. The largest absolute Gasteiger partial charge is 0.457 e. The first-order chi connectivity index (χ1) is 17.5. The second-order valence-corrected chi connectivity index (χ2v) is 8.15. The van der Waals surface area contributed by atoms with Crippen molar-refractivity contribution < 1.29 is 23.9 Å². The van der Waals surface area contributed by atoms with Crippen LogP contribution in [-0.4, -0.2) is 54.2 Å². The smallest absolute Gasteiger partial charge is 0.325 e. The molecule has 1 saturated heterocycles. The fraction of sp³-hybridized carbons (Fsp3) is 0.231. The van der Waals surface area contributed by atoms with Gasteiger partial charge in [-0.25, -0.2) is 14.6 Å². The number of carbonyl (C=O) groups excluding carboxylic acids is 3. The van der Waals surface area contributed by atoms with E-state index in [4.69, 9.17) is 9.47 Å². The van der Waals surface area contributed by atoms with Crippen LogP contribution in [0.5, 0.6) is 11.5 Å². The summed E-state index contributed by atoms with van der Waals surface area (Å²) in [6.07, 6.45) is 1.66. The molecule has 36 heavy (non-hydrogen) atoms. The third kappa shape index (κ3) is 7.03. The molecular weight excluding hydrogens is 462 g/mol. The summed E-state index contributed by atoms with van der Waals surface area (Å²) in [7, 11) is 0. The Morgan fingerprint density at radius 1 is 0.972 bits per heavy atom. The molecule has 10 heteroatoms. The lowest BCUT2D eigenvalue weighted by molar-refractivity contribution is -0.119. The number of nitrogens with one attached hydrogen (secondary N) is 3. The molecule has 1 aliphatic heterocycles. The summed E-state index contributed by atoms with van der Waals surface area (Å²) in [6, 6.07) is 16.8. The van der Waals surface area contributed by atoms with Gasteiger partial charge in [-0.15, -0.1) is 0 Å². The van der Waals surface area contributed by atoms with Gasteiger partial charge >= 0.3 is 12.1 Å². The van der Waals surface area contributed by atoms with E-state index in [-0.39, 0.29) is 12.5 Å². The van der Waals surface area contributed by atoms with Crippen molar-refractivity contribution in [1.82, 2.24) is 15.2 Å². The Kier molecular flexibility index (Phi) is 8.09. The summed E-state index contributed by atoms with van der Waals surface area (Å²) in [5.74, 6) is 1.00. The van der Waals surface area contributed by atoms with E-state index in [0.717, 1.165) is 11.1 Å². The van der Waals surface area contributed by atoms with Gasteiger partial charge in [-0.3, -0.25) is 15.4 Å². The zero-order chi connectivity index (χ0) is 25.3. The van der Waals surface area contributed by atoms with Gasteiger partial charge in [0.05, 0.1) is 19.6 Å². The number of aryl methyl sites for hydroxylation is 1. The van der Waals surface area contributed by atoms with Crippen molar-refractivity contribution in [2.75, 3.05) is 36.9 Å². The van der Waals surface area contributed by atoms with E-state index >= 15 is 0 Å². The lowest BCUT2D eigenvalue weighted by Crippen LogP contribution is -2.43. The highest BCUT2D eigenvalue weighted by Gasteiger charge is 2.17. The van der Waals surface area contributed by atoms with E-state index in [2.05, 4.69) is 20.9 Å². The molecule has 3 N–H and O–H groups in total. The number of hydrogen-bond donors (Lipinski definition) is 3. The summed E-state index contributed by atoms with van der Waals surface area (Å²) >= 11 is 0. The molecular formula is C26H27N5O5. The molecule has 4 rings (SSSR count). The average molecular weight is 490 g/mol. The summed E-state index contributed by atoms with van der Waals surface area (Å²) in [6.45, 7) is 3.90. The van der Waals surface area contributed by atoms with Crippen molar-refractivity contribution in [3.8, 4) is 11.5 Å². The topological polar surface area (TPSA) is 122 Å². The van der Waals surface area contributed by atoms with Crippen LogP contribution in [0.2, 0.25) is 0 Å². The van der Waals surface area contributed by atoms with Gasteiger partial charge in [0.1, 0.15) is 17.3 Å². The molecule has 0 aliphatic carbocycles. The monoisotopic (exact) mass is 489 g/mol. The predicted octanol–water partition coefficient (Wildman–Crippen LogP) is 3.94. The summed E-state index contributed by atoms with van der Waals surface area (Å²) < 4.78 is 11.2. The lowest BCUT2D eigenvalue weighted by atomic mass is 10.1. The van der Waals surface area contributed by atoms with Crippen molar-refractivity contribution in [3.05, 3.63) is 78.0 Å². The van der Waals surface area contributed by atoms with E-state index in [1.165, 1.54) is 0 Å². The van der Waals surface area contributed by atoms with Crippen LogP contribution in [0.1, 0.15) is 11.1 Å². The molecule has 2 heterocycles. The molecule has 0 radical (unpaired) electrons. The van der Waals surface area contributed by atoms with Crippen LogP contribution in [-0.2, 0) is 16.0 Å². The Labute approximate surface area is 208 Å². The number of pyridine rings is 1. The van der Waals surface area contributed by atoms with Gasteiger partial charge in [-0.2, -0.15) is 0 Å². The van der Waals surface area contributed by atoms with Gasteiger partial charge < -0.3 is 19.7 Å². The molecule has 5 amide bonds. The molecule has 10 nitrogen and oxygen atoms in total. The molecule has 0 saturated carbocycles. The minimum Gasteiger partial charge on any atom is -0.457 e. The van der Waals surface area contributed by atoms with Gasteiger partial charge in [0.15, 0.2) is 0 Å². The molecule has 0 bridgehead atoms. The van der Waals surface area contributed by atoms with Gasteiger partial charge in [0.25, 0.3) is 0 Å². The van der Waals surface area contributed by atoms with Crippen LogP contribution in [0.3, 0.4) is 0 Å². The minimum atomic E-state index is -0.609. The van der Waals surface area contributed by atoms with Gasteiger partial charge in [0, 0.05) is 31.0 Å². The van der Waals surface area contributed by atoms with Crippen LogP contribution in [0.25, 0.3) is 0 Å².